The summed E-state index contributed by atoms with van der Waals surface area (Å²) in [6.07, 6.45) is 37.5. The summed E-state index contributed by atoms with van der Waals surface area (Å²) >= 11 is 15.6. The zero-order valence-electron chi connectivity index (χ0n) is 88.1. The third kappa shape index (κ3) is 31.2. The number of piperidine rings is 5. The number of nitrogens with two attached hydrogens (primary N) is 5. The topological polar surface area (TPSA) is 421 Å². The Kier molecular flexibility index (Phi) is 41.6. The lowest BCUT2D eigenvalue weighted by Crippen LogP contribution is -2.38. The Balaban J connectivity index is 0.000000127. The van der Waals surface area contributed by atoms with Gasteiger partial charge in [0.2, 0.25) is 29.5 Å². The highest BCUT2D eigenvalue weighted by Gasteiger charge is 2.35. The summed E-state index contributed by atoms with van der Waals surface area (Å²) < 4.78 is 0. The second kappa shape index (κ2) is 55.1. The summed E-state index contributed by atoms with van der Waals surface area (Å²) in [5.41, 5.74) is 40.0. The number of nitrogens with one attached hydrogen (secondary N) is 5. The Morgan fingerprint density at radius 3 is 0.993 bits per heavy atom. The van der Waals surface area contributed by atoms with Crippen LogP contribution in [0.25, 0.3) is 51.1 Å². The Morgan fingerprint density at radius 1 is 0.342 bits per heavy atom. The number of hydrogen-bond acceptors (Lipinski definition) is 35. The molecule has 149 heavy (non-hydrogen) atoms. The molecule has 40 heteroatoms. The smallest absolute Gasteiger partial charge is 0.230 e. The fourth-order valence-corrected chi connectivity index (χ4v) is 32.9. The van der Waals surface area contributed by atoms with Gasteiger partial charge in [-0.1, -0.05) is 169 Å². The van der Waals surface area contributed by atoms with Gasteiger partial charge in [0.05, 0.1) is 55.7 Å². The molecule has 5 atom stereocenters. The zero-order chi connectivity index (χ0) is 104. The standard InChI is InChI=1S/C25H31N5OS2.C23H35N5OS2.C21H31N5OS2.2C20H29N5OS2/c26-23-22-19-10-9-18(17-7-3-1-4-8-17)15-20(19)33-24(22)29-25(28-23)32-16-21(31)27-11-14-30-12-5-2-6-13-30;1-23(2,3)15-7-8-16-17(13-15)31-21-19(16)20(24)26-22(27-21)30-14-18(29)25-9-12-28-10-5-4-6-11-28;1-2-14-6-7-15-16(12-14)29-20-18(15)19(22)24-21(25-20)28-13-17(27)23-8-11-26-9-4-3-5-10-26;1-13-5-6-14-15(11-13)28-19-17(14)18(21)23-20(24-19)27-12-16(26)22-7-10-25-8-3-2-4-9-25;1-13-6-5-7-14-16(13)17-18(21)23-20(24-19(17)28-14)27-12-15(26)22-8-11-25-9-3-2-4-10-25/h1,3-4,7-8,18H,2,5-6,9-16H2,(H,27,31)(H2,26,28,29);15H,4-14H2,1-3H3,(H,25,29)(H2,24,26,27);14H,2-13H2,1H3,(H,23,27)(H2,22,24,25);2*13H,2-12H2,1H3,(H,22,26)(H2,21,23,24). The fraction of sp³-hybridized carbons (Fsp3) is 0.624. The van der Waals surface area contributed by atoms with Gasteiger partial charge in [-0.15, -0.1) is 56.7 Å². The monoisotopic (exact) mass is 2210 g/mol. The minimum absolute atomic E-state index is 0.0236. The van der Waals surface area contributed by atoms with Gasteiger partial charge in [0, 0.05) is 89.8 Å². The number of thiophene rings is 5. The van der Waals surface area contributed by atoms with E-state index in [4.69, 9.17) is 53.6 Å². The van der Waals surface area contributed by atoms with Crippen LogP contribution < -0.4 is 55.3 Å². The summed E-state index contributed by atoms with van der Waals surface area (Å²) in [6, 6.07) is 10.8. The zero-order valence-corrected chi connectivity index (χ0v) is 96.3. The molecule has 5 unspecified atom stereocenters. The molecule has 5 fully saturated rings. The summed E-state index contributed by atoms with van der Waals surface area (Å²) in [7, 11) is 0. The van der Waals surface area contributed by atoms with Crippen molar-refractivity contribution in [2.24, 2.45) is 23.2 Å². The minimum Gasteiger partial charge on any atom is -0.383 e. The van der Waals surface area contributed by atoms with Crippen LogP contribution in [0.1, 0.15) is 252 Å². The number of hydrogen-bond donors (Lipinski definition) is 10. The maximum atomic E-state index is 12.3. The Bertz CT molecular complexity index is 6340. The number of thioether (sulfide) groups is 5. The molecule has 5 aliphatic carbocycles. The molecule has 15 heterocycles. The molecule has 1 aromatic carbocycles. The number of carbonyl (C=O) groups is 5. The van der Waals surface area contributed by atoms with Gasteiger partial charge in [0.1, 0.15) is 53.2 Å². The molecule has 5 amide bonds. The lowest BCUT2D eigenvalue weighted by atomic mass is 9.72. The van der Waals surface area contributed by atoms with Gasteiger partial charge in [0.25, 0.3) is 0 Å². The first-order valence-corrected chi connectivity index (χ1v) is 63.9. The highest BCUT2D eigenvalue weighted by molar-refractivity contribution is 8.00. The summed E-state index contributed by atoms with van der Waals surface area (Å²) in [4.78, 5) is 131. The lowest BCUT2D eigenvalue weighted by Gasteiger charge is -2.33. The van der Waals surface area contributed by atoms with Gasteiger partial charge in [-0.3, -0.25) is 24.0 Å². The van der Waals surface area contributed by atoms with E-state index in [1.807, 2.05) is 0 Å². The number of aryl methyl sites for hydroxylation is 5. The van der Waals surface area contributed by atoms with Gasteiger partial charge in [0.15, 0.2) is 25.8 Å². The van der Waals surface area contributed by atoms with E-state index in [0.29, 0.717) is 140 Å². The third-order valence-corrected chi connectivity index (χ3v) is 40.9. The van der Waals surface area contributed by atoms with E-state index in [-0.39, 0.29) is 29.5 Å². The number of likely N-dealkylation sites (tertiary alicyclic amines) is 5. The number of rotatable bonds is 32. The van der Waals surface area contributed by atoms with Crippen LogP contribution in [0, 0.1) is 23.2 Å². The molecule has 5 aliphatic heterocycles. The molecule has 15 N–H and O–H groups in total. The quantitative estimate of drug-likeness (QED) is 0.0138. The molecule has 806 valence electrons. The Hall–Kier alpha value is -7.68. The van der Waals surface area contributed by atoms with Crippen molar-refractivity contribution in [1.82, 2.24) is 101 Å². The molecule has 21 rings (SSSR count). The van der Waals surface area contributed by atoms with Crippen LogP contribution in [-0.2, 0) is 81.8 Å². The van der Waals surface area contributed by atoms with Gasteiger partial charge in [-0.25, -0.2) is 49.8 Å². The average Bonchev–Trinajstić information content (AvgIpc) is 1.62. The van der Waals surface area contributed by atoms with Crippen molar-refractivity contribution in [1.29, 1.82) is 0 Å². The highest BCUT2D eigenvalue weighted by atomic mass is 32.2. The molecule has 0 saturated carbocycles. The first-order valence-electron chi connectivity index (χ1n) is 54.9. The molecule has 5 saturated heterocycles. The lowest BCUT2D eigenvalue weighted by molar-refractivity contribution is -0.119. The van der Waals surface area contributed by atoms with E-state index < -0.39 is 0 Å². The van der Waals surface area contributed by atoms with E-state index >= 15 is 0 Å². The number of nitrogen functional groups attached to an aromatic ring is 5. The molecule has 11 aromatic rings. The molecule has 10 aliphatic rings. The molecule has 0 bridgehead atoms. The highest BCUT2D eigenvalue weighted by Crippen LogP contribution is 2.49. The van der Waals surface area contributed by atoms with E-state index in [9.17, 15) is 24.0 Å². The summed E-state index contributed by atoms with van der Waals surface area (Å²) in [6.45, 7) is 33.5. The Morgan fingerprint density at radius 2 is 0.644 bits per heavy atom. The van der Waals surface area contributed by atoms with E-state index in [0.717, 1.165) is 225 Å². The van der Waals surface area contributed by atoms with Crippen LogP contribution in [0.15, 0.2) is 56.1 Å². The maximum absolute atomic E-state index is 12.3. The van der Waals surface area contributed by atoms with Crippen LogP contribution in [0.4, 0.5) is 29.1 Å². The van der Waals surface area contributed by atoms with Crippen LogP contribution in [-0.4, -0.2) is 264 Å². The number of amides is 5. The number of anilines is 5. The number of benzene rings is 1. The van der Waals surface area contributed by atoms with Crippen LogP contribution in [0.3, 0.4) is 0 Å². The second-order valence-corrected chi connectivity index (χ2v) is 53.0. The molecule has 10 aromatic heterocycles. The SMILES string of the molecule is CC(C)(C)C1CCc2c(sc3nc(SCC(=O)NCCN4CCCCC4)nc(N)c23)C1.CC1CCCc2sc3nc(SCC(=O)NCCN4CCCCC4)nc(N)c3c21.CC1CCc2c(sc3nc(SCC(=O)NCCN4CCCCC4)nc(N)c23)C1.CCC1CCc2c(sc3nc(SCC(=O)NCCN4CCCCC4)nc(N)c23)C1.Nc1nc(SCC(=O)NCCN2CCCCC2)nc2sc3c(c12)CCC(c1ccccc1)C3. The van der Waals surface area contributed by atoms with Crippen LogP contribution >= 0.6 is 115 Å². The van der Waals surface area contributed by atoms with Gasteiger partial charge in [-0.2, -0.15) is 0 Å². The van der Waals surface area contributed by atoms with Crippen molar-refractivity contribution in [3.63, 3.8) is 0 Å². The van der Waals surface area contributed by atoms with Crippen molar-refractivity contribution in [2.45, 2.75) is 278 Å². The summed E-state index contributed by atoms with van der Waals surface area (Å²) in [5.74, 6) is 7.79. The normalized spacial score (nSPS) is 19.8. The van der Waals surface area contributed by atoms with Gasteiger partial charge in [-0.05, 0) is 294 Å². The third-order valence-electron chi connectivity index (χ3n) is 30.9. The fourth-order valence-electron chi connectivity index (χ4n) is 22.5. The number of fused-ring (bicyclic) bond motifs is 15. The molecule has 30 nitrogen and oxygen atoms in total. The predicted molar refractivity (Wildman–Crippen MR) is 624 cm³/mol. The van der Waals surface area contributed by atoms with E-state index in [1.165, 1.54) is 251 Å². The number of carbonyl (C=O) groups excluding carboxylic acids is 5. The first-order chi connectivity index (χ1) is 72.3. The van der Waals surface area contributed by atoms with E-state index in [1.54, 1.807) is 56.7 Å². The molecule has 0 radical (unpaired) electrons. The van der Waals surface area contributed by atoms with Crippen molar-refractivity contribution in [3.8, 4) is 0 Å². The van der Waals surface area contributed by atoms with Crippen molar-refractivity contribution in [3.05, 3.63) is 88.1 Å². The van der Waals surface area contributed by atoms with Crippen molar-refractivity contribution < 1.29 is 24.0 Å². The maximum Gasteiger partial charge on any atom is 0.230 e. The minimum atomic E-state index is 0.0236. The number of nitrogens with zero attached hydrogens (tertiary/aromatic N) is 15. The second-order valence-electron chi connectivity index (χ2n) is 42.8. The van der Waals surface area contributed by atoms with Crippen LogP contribution in [0.5, 0.6) is 0 Å². The van der Waals surface area contributed by atoms with Crippen molar-refractivity contribution in [2.75, 3.05) is 188 Å². The summed E-state index contributed by atoms with van der Waals surface area (Å²) in [5, 5.41) is 23.3. The van der Waals surface area contributed by atoms with Gasteiger partial charge >= 0.3 is 0 Å². The molecular formula is C109H155N25O5S10. The average molecular weight is 2220 g/mol. The first kappa shape index (κ1) is 112. The van der Waals surface area contributed by atoms with Crippen molar-refractivity contribution >= 4 is 225 Å². The van der Waals surface area contributed by atoms with Crippen LogP contribution in [0.2, 0.25) is 0 Å². The predicted octanol–water partition coefficient (Wildman–Crippen LogP) is 18.3. The largest absolute Gasteiger partial charge is 0.383 e. The Labute approximate surface area is 920 Å². The molecular weight excluding hydrogens is 2060 g/mol. The van der Waals surface area contributed by atoms with Gasteiger partial charge < -0.3 is 79.8 Å². The van der Waals surface area contributed by atoms with E-state index in [2.05, 4.69) is 148 Å². The number of aromatic nitrogens is 10. The molecule has 0 spiro atoms.